The van der Waals surface area contributed by atoms with Crippen LogP contribution in [0.25, 0.3) is 0 Å². The molecular weight excluding hydrogens is 328 g/mol. The summed E-state index contributed by atoms with van der Waals surface area (Å²) in [6.07, 6.45) is 1.07. The van der Waals surface area contributed by atoms with Gasteiger partial charge in [0.1, 0.15) is 17.4 Å². The van der Waals surface area contributed by atoms with Crippen LogP contribution in [0.5, 0.6) is 5.75 Å². The lowest BCUT2D eigenvalue weighted by atomic mass is 10.3. The van der Waals surface area contributed by atoms with Crippen molar-refractivity contribution in [2.45, 2.75) is 4.90 Å². The maximum atomic E-state index is 13.4. The van der Waals surface area contributed by atoms with E-state index in [-0.39, 0.29) is 16.3 Å². The second kappa shape index (κ2) is 6.74. The van der Waals surface area contributed by atoms with Gasteiger partial charge in [0.05, 0.1) is 10.6 Å². The SMILES string of the molecule is CS(=O)(=O)c1ccc(OCC(=O)Nc2cc(F)ccc2F)cc1. The zero-order chi connectivity index (χ0) is 17.0. The Kier molecular flexibility index (Phi) is 4.95. The third kappa shape index (κ3) is 4.75. The topological polar surface area (TPSA) is 72.5 Å². The molecule has 0 heterocycles. The summed E-state index contributed by atoms with van der Waals surface area (Å²) in [4.78, 5) is 11.8. The molecule has 0 aliphatic rings. The minimum Gasteiger partial charge on any atom is -0.484 e. The molecule has 0 radical (unpaired) electrons. The Morgan fingerprint density at radius 2 is 1.78 bits per heavy atom. The van der Waals surface area contributed by atoms with Crippen LogP contribution in [-0.2, 0) is 14.6 Å². The third-order valence-electron chi connectivity index (χ3n) is 2.82. The molecule has 23 heavy (non-hydrogen) atoms. The van der Waals surface area contributed by atoms with Crippen molar-refractivity contribution in [2.24, 2.45) is 0 Å². The molecule has 0 aliphatic carbocycles. The molecule has 2 aromatic carbocycles. The summed E-state index contributed by atoms with van der Waals surface area (Å²) in [6.45, 7) is -0.436. The molecule has 0 fully saturated rings. The first-order valence-corrected chi connectivity index (χ1v) is 8.32. The number of hydrogen-bond acceptors (Lipinski definition) is 4. The van der Waals surface area contributed by atoms with Gasteiger partial charge in [0, 0.05) is 12.3 Å². The number of amides is 1. The fraction of sp³-hybridized carbons (Fsp3) is 0.133. The summed E-state index contributed by atoms with van der Waals surface area (Å²) < 4.78 is 54.1. The highest BCUT2D eigenvalue weighted by atomic mass is 32.2. The van der Waals surface area contributed by atoms with E-state index in [1.807, 2.05) is 0 Å². The smallest absolute Gasteiger partial charge is 0.262 e. The number of ether oxygens (including phenoxy) is 1. The van der Waals surface area contributed by atoms with Gasteiger partial charge >= 0.3 is 0 Å². The molecule has 0 unspecified atom stereocenters. The average Bonchev–Trinajstić information content (AvgIpc) is 2.48. The molecule has 0 saturated heterocycles. The molecule has 1 amide bonds. The Morgan fingerprint density at radius 1 is 1.13 bits per heavy atom. The second-order valence-electron chi connectivity index (χ2n) is 4.70. The van der Waals surface area contributed by atoms with Gasteiger partial charge in [0.15, 0.2) is 16.4 Å². The van der Waals surface area contributed by atoms with Crippen LogP contribution >= 0.6 is 0 Å². The summed E-state index contributed by atoms with van der Waals surface area (Å²) in [6, 6.07) is 8.16. The van der Waals surface area contributed by atoms with Crippen LogP contribution in [0.3, 0.4) is 0 Å². The molecule has 0 spiro atoms. The van der Waals surface area contributed by atoms with E-state index in [4.69, 9.17) is 4.74 Å². The van der Waals surface area contributed by atoms with Crippen molar-refractivity contribution in [1.29, 1.82) is 0 Å². The lowest BCUT2D eigenvalue weighted by molar-refractivity contribution is -0.118. The lowest BCUT2D eigenvalue weighted by Crippen LogP contribution is -2.20. The van der Waals surface area contributed by atoms with E-state index in [9.17, 15) is 22.0 Å². The second-order valence-corrected chi connectivity index (χ2v) is 6.72. The molecule has 0 aromatic heterocycles. The number of benzene rings is 2. The monoisotopic (exact) mass is 341 g/mol. The molecule has 5 nitrogen and oxygen atoms in total. The number of hydrogen-bond donors (Lipinski definition) is 1. The van der Waals surface area contributed by atoms with Gasteiger partial charge in [-0.2, -0.15) is 0 Å². The standard InChI is InChI=1S/C15H13F2NO4S/c1-23(20,21)12-5-3-11(4-6-12)22-9-15(19)18-14-8-10(16)2-7-13(14)17/h2-8H,9H2,1H3,(H,18,19). The van der Waals surface area contributed by atoms with Gasteiger partial charge in [-0.25, -0.2) is 17.2 Å². The first kappa shape index (κ1) is 16.9. The lowest BCUT2D eigenvalue weighted by Gasteiger charge is -2.08. The molecule has 8 heteroatoms. The van der Waals surface area contributed by atoms with Crippen LogP contribution in [0.15, 0.2) is 47.4 Å². The number of rotatable bonds is 5. The van der Waals surface area contributed by atoms with Gasteiger partial charge in [0.2, 0.25) is 0 Å². The van der Waals surface area contributed by atoms with Crippen molar-refractivity contribution >= 4 is 21.4 Å². The molecule has 0 bridgehead atoms. The van der Waals surface area contributed by atoms with Crippen LogP contribution in [0.2, 0.25) is 0 Å². The zero-order valence-electron chi connectivity index (χ0n) is 12.0. The van der Waals surface area contributed by atoms with E-state index in [0.717, 1.165) is 24.5 Å². The van der Waals surface area contributed by atoms with Crippen molar-refractivity contribution in [3.8, 4) is 5.75 Å². The summed E-state index contributed by atoms with van der Waals surface area (Å²) in [5, 5.41) is 2.18. The Hall–Kier alpha value is -2.48. The number of carbonyl (C=O) groups is 1. The summed E-state index contributed by atoms with van der Waals surface area (Å²) in [7, 11) is -3.31. The van der Waals surface area contributed by atoms with Crippen molar-refractivity contribution in [2.75, 3.05) is 18.2 Å². The predicted molar refractivity (Wildman–Crippen MR) is 80.0 cm³/mol. The summed E-state index contributed by atoms with van der Waals surface area (Å²) in [5.41, 5.74) is -0.286. The number of sulfone groups is 1. The highest BCUT2D eigenvalue weighted by Gasteiger charge is 2.10. The summed E-state index contributed by atoms with van der Waals surface area (Å²) >= 11 is 0. The number of anilines is 1. The molecule has 1 N–H and O–H groups in total. The van der Waals surface area contributed by atoms with Gasteiger partial charge in [-0.05, 0) is 36.4 Å². The van der Waals surface area contributed by atoms with Crippen molar-refractivity contribution in [1.82, 2.24) is 0 Å². The molecule has 122 valence electrons. The van der Waals surface area contributed by atoms with Gasteiger partial charge in [-0.3, -0.25) is 4.79 Å². The molecule has 0 saturated carbocycles. The van der Waals surface area contributed by atoms with Crippen molar-refractivity contribution < 1.29 is 26.7 Å². The molecule has 2 aromatic rings. The van der Waals surface area contributed by atoms with E-state index < -0.39 is 34.0 Å². The van der Waals surface area contributed by atoms with Gasteiger partial charge < -0.3 is 10.1 Å². The van der Waals surface area contributed by atoms with Crippen molar-refractivity contribution in [3.05, 3.63) is 54.1 Å². The van der Waals surface area contributed by atoms with E-state index in [1.54, 1.807) is 0 Å². The quantitative estimate of drug-likeness (QED) is 0.906. The largest absolute Gasteiger partial charge is 0.484 e. The number of nitrogens with one attached hydrogen (secondary N) is 1. The Balaban J connectivity index is 1.95. The predicted octanol–water partition coefficient (Wildman–Crippen LogP) is 2.39. The van der Waals surface area contributed by atoms with Gasteiger partial charge in [0.25, 0.3) is 5.91 Å². The first-order chi connectivity index (χ1) is 10.8. The van der Waals surface area contributed by atoms with Gasteiger partial charge in [-0.15, -0.1) is 0 Å². The number of halogens is 2. The van der Waals surface area contributed by atoms with E-state index >= 15 is 0 Å². The Bertz CT molecular complexity index is 820. The average molecular weight is 341 g/mol. The fourth-order valence-corrected chi connectivity index (χ4v) is 2.34. The molecule has 2 rings (SSSR count). The van der Waals surface area contributed by atoms with Crippen LogP contribution in [0, 0.1) is 11.6 Å². The molecule has 0 atom stereocenters. The first-order valence-electron chi connectivity index (χ1n) is 6.43. The molecular formula is C15H13F2NO4S. The fourth-order valence-electron chi connectivity index (χ4n) is 1.71. The minimum atomic E-state index is -3.31. The molecule has 0 aliphatic heterocycles. The number of carbonyl (C=O) groups excluding carboxylic acids is 1. The summed E-state index contributed by atoms with van der Waals surface area (Å²) in [5.74, 6) is -1.86. The van der Waals surface area contributed by atoms with Crippen LogP contribution in [-0.4, -0.2) is 27.2 Å². The maximum absolute atomic E-state index is 13.4. The van der Waals surface area contributed by atoms with Gasteiger partial charge in [-0.1, -0.05) is 0 Å². The van der Waals surface area contributed by atoms with Crippen LogP contribution in [0.1, 0.15) is 0 Å². The van der Waals surface area contributed by atoms with Crippen molar-refractivity contribution in [3.63, 3.8) is 0 Å². The Morgan fingerprint density at radius 3 is 2.39 bits per heavy atom. The maximum Gasteiger partial charge on any atom is 0.262 e. The van der Waals surface area contributed by atoms with Crippen LogP contribution in [0.4, 0.5) is 14.5 Å². The van der Waals surface area contributed by atoms with E-state index in [2.05, 4.69) is 5.32 Å². The zero-order valence-corrected chi connectivity index (χ0v) is 12.9. The normalized spacial score (nSPS) is 11.1. The van der Waals surface area contributed by atoms with E-state index in [0.29, 0.717) is 0 Å². The Labute approximate surface area is 131 Å². The van der Waals surface area contributed by atoms with E-state index in [1.165, 1.54) is 24.3 Å². The highest BCUT2D eigenvalue weighted by molar-refractivity contribution is 7.90. The highest BCUT2D eigenvalue weighted by Crippen LogP contribution is 2.17. The minimum absolute atomic E-state index is 0.121. The van der Waals surface area contributed by atoms with Crippen LogP contribution < -0.4 is 10.1 Å². The third-order valence-corrected chi connectivity index (χ3v) is 3.95.